The van der Waals surface area contributed by atoms with E-state index in [-0.39, 0.29) is 48.7 Å². The Balaban J connectivity index is 1.50. The molecular weight excluding hydrogens is 516 g/mol. The van der Waals surface area contributed by atoms with E-state index in [1.54, 1.807) is 19.2 Å². The molecule has 208 valence electrons. The summed E-state index contributed by atoms with van der Waals surface area (Å²) in [5.74, 6) is -1.72. The first-order chi connectivity index (χ1) is 18.0. The lowest BCUT2D eigenvalue weighted by molar-refractivity contribution is -0.0524. The minimum atomic E-state index is -3.97. The molecule has 5 rings (SSSR count). The first-order valence-electron chi connectivity index (χ1n) is 13.0. The first-order valence-corrected chi connectivity index (χ1v) is 14.5. The van der Waals surface area contributed by atoms with Gasteiger partial charge >= 0.3 is 0 Å². The molecule has 0 amide bonds. The molecule has 0 bridgehead atoms. The maximum atomic E-state index is 13.8. The molecule has 3 aliphatic rings. The molecule has 1 saturated heterocycles. The number of likely N-dealkylation sites (N-methyl/N-ethyl adjacent to an activating group) is 1. The van der Waals surface area contributed by atoms with Gasteiger partial charge in [0.25, 0.3) is 0 Å². The molecule has 8 nitrogen and oxygen atoms in total. The fraction of sp³-hybridized carbons (Fsp3) is 0.556. The largest absolute Gasteiger partial charge is 0.497 e. The van der Waals surface area contributed by atoms with Gasteiger partial charge < -0.3 is 14.6 Å². The molecule has 2 fully saturated rings. The lowest BCUT2D eigenvalue weighted by atomic mass is 9.91. The lowest BCUT2D eigenvalue weighted by Crippen LogP contribution is -2.48. The summed E-state index contributed by atoms with van der Waals surface area (Å²) in [4.78, 5) is 4.17. The van der Waals surface area contributed by atoms with Crippen LogP contribution >= 0.6 is 0 Å². The van der Waals surface area contributed by atoms with Crippen LogP contribution in [0.4, 0.5) is 8.78 Å². The SMILES string of the molecule is COc1cccc(-c2ccc3c(c2)O[C@H]2CN(C4CCC(F)(F)CC4)C[C@H]2N(C)C[C@@H](O)CNS3(=O)=O)c1. The highest BCUT2D eigenvalue weighted by molar-refractivity contribution is 7.89. The third-order valence-electron chi connectivity index (χ3n) is 7.96. The van der Waals surface area contributed by atoms with Gasteiger partial charge in [-0.3, -0.25) is 9.80 Å². The van der Waals surface area contributed by atoms with Crippen molar-refractivity contribution in [1.82, 2.24) is 14.5 Å². The van der Waals surface area contributed by atoms with Gasteiger partial charge in [0.15, 0.2) is 0 Å². The van der Waals surface area contributed by atoms with Gasteiger partial charge in [-0.1, -0.05) is 18.2 Å². The van der Waals surface area contributed by atoms with Crippen LogP contribution in [0.25, 0.3) is 11.1 Å². The summed E-state index contributed by atoms with van der Waals surface area (Å²) in [7, 11) is -0.509. The molecule has 11 heteroatoms. The van der Waals surface area contributed by atoms with Crippen molar-refractivity contribution in [1.29, 1.82) is 0 Å². The zero-order valence-electron chi connectivity index (χ0n) is 21.6. The maximum absolute atomic E-state index is 13.8. The Morgan fingerprint density at radius 1 is 1.08 bits per heavy atom. The van der Waals surface area contributed by atoms with E-state index in [4.69, 9.17) is 9.47 Å². The summed E-state index contributed by atoms with van der Waals surface area (Å²) in [6, 6.07) is 12.3. The number of β-amino-alcohol motifs (C(OH)–C–C–N with tert-alkyl or cyclic N) is 1. The van der Waals surface area contributed by atoms with Gasteiger partial charge in [-0.05, 0) is 55.3 Å². The second kappa shape index (κ2) is 10.7. The topological polar surface area (TPSA) is 91.3 Å². The van der Waals surface area contributed by atoms with Crippen LogP contribution in [-0.2, 0) is 10.0 Å². The molecular formula is C27H35F2N3O5S. The van der Waals surface area contributed by atoms with Gasteiger partial charge in [-0.15, -0.1) is 0 Å². The fourth-order valence-corrected chi connectivity index (χ4v) is 6.98. The van der Waals surface area contributed by atoms with E-state index in [1.807, 2.05) is 36.2 Å². The monoisotopic (exact) mass is 551 g/mol. The number of aliphatic hydroxyl groups excluding tert-OH is 1. The molecule has 2 N–H and O–H groups in total. The smallest absolute Gasteiger partial charge is 0.248 e. The summed E-state index contributed by atoms with van der Waals surface area (Å²) in [5.41, 5.74) is 1.61. The molecule has 0 radical (unpaired) electrons. The zero-order valence-corrected chi connectivity index (χ0v) is 22.5. The number of hydrogen-bond donors (Lipinski definition) is 2. The second-order valence-corrected chi connectivity index (χ2v) is 12.3. The quantitative estimate of drug-likeness (QED) is 0.606. The molecule has 0 spiro atoms. The summed E-state index contributed by atoms with van der Waals surface area (Å²) in [6.45, 7) is 1.18. The van der Waals surface area contributed by atoms with Crippen LogP contribution in [0.5, 0.6) is 11.5 Å². The molecule has 38 heavy (non-hydrogen) atoms. The van der Waals surface area contributed by atoms with Gasteiger partial charge in [0.2, 0.25) is 15.9 Å². The highest BCUT2D eigenvalue weighted by Gasteiger charge is 2.44. The van der Waals surface area contributed by atoms with Crippen molar-refractivity contribution in [3.63, 3.8) is 0 Å². The van der Waals surface area contributed by atoms with Crippen molar-refractivity contribution in [3.05, 3.63) is 42.5 Å². The van der Waals surface area contributed by atoms with E-state index >= 15 is 0 Å². The van der Waals surface area contributed by atoms with Gasteiger partial charge in [0.05, 0.1) is 19.3 Å². The predicted octanol–water partition coefficient (Wildman–Crippen LogP) is 2.96. The number of alkyl halides is 2. The number of nitrogens with zero attached hydrogens (tertiary/aromatic N) is 2. The molecule has 2 aromatic rings. The van der Waals surface area contributed by atoms with Crippen molar-refractivity contribution in [2.75, 3.05) is 40.3 Å². The number of hydrogen-bond acceptors (Lipinski definition) is 7. The Kier molecular flexibility index (Phi) is 7.67. The van der Waals surface area contributed by atoms with Crippen molar-refractivity contribution in [3.8, 4) is 22.6 Å². The fourth-order valence-electron chi connectivity index (χ4n) is 5.80. The zero-order chi connectivity index (χ0) is 27.1. The van der Waals surface area contributed by atoms with E-state index in [9.17, 15) is 22.3 Å². The summed E-state index contributed by atoms with van der Waals surface area (Å²) in [5, 5.41) is 10.6. The van der Waals surface area contributed by atoms with Crippen molar-refractivity contribution in [2.24, 2.45) is 0 Å². The van der Waals surface area contributed by atoms with Gasteiger partial charge in [-0.2, -0.15) is 0 Å². The van der Waals surface area contributed by atoms with Crippen LogP contribution in [0.2, 0.25) is 0 Å². The summed E-state index contributed by atoms with van der Waals surface area (Å²) < 4.78 is 68.5. The van der Waals surface area contributed by atoms with Gasteiger partial charge in [0.1, 0.15) is 22.5 Å². The normalized spacial score (nSPS) is 28.5. The summed E-state index contributed by atoms with van der Waals surface area (Å²) in [6.07, 6.45) is -0.774. The van der Waals surface area contributed by atoms with Crippen LogP contribution in [0.15, 0.2) is 47.4 Å². The number of methoxy groups -OCH3 is 1. The van der Waals surface area contributed by atoms with Gasteiger partial charge in [-0.25, -0.2) is 21.9 Å². The van der Waals surface area contributed by atoms with E-state index < -0.39 is 28.2 Å². The number of ether oxygens (including phenoxy) is 2. The standard InChI is InChI=1S/C27H35F2N3O5S/c1-31-15-21(33)14-30-38(34,35)26-7-6-19(18-4-3-5-22(12-18)36-2)13-24(26)37-25-17-32(16-23(25)31)20-8-10-27(28,29)11-9-20/h3-7,12-13,20-21,23,25,30,33H,8-11,14-17H2,1-2H3/t21-,23+,25-/m0/s1. The molecule has 1 aliphatic carbocycles. The van der Waals surface area contributed by atoms with E-state index in [0.29, 0.717) is 31.7 Å². The lowest BCUT2D eigenvalue weighted by Gasteiger charge is -2.34. The number of halogens is 2. The molecule has 3 atom stereocenters. The predicted molar refractivity (Wildman–Crippen MR) is 139 cm³/mol. The van der Waals surface area contributed by atoms with Crippen LogP contribution in [0.3, 0.4) is 0 Å². The Morgan fingerprint density at radius 2 is 1.82 bits per heavy atom. The van der Waals surface area contributed by atoms with E-state index in [0.717, 1.165) is 11.1 Å². The number of rotatable bonds is 3. The number of sulfonamides is 1. The van der Waals surface area contributed by atoms with Gasteiger partial charge in [0, 0.05) is 45.1 Å². The Labute approximate surface area is 222 Å². The minimum Gasteiger partial charge on any atom is -0.497 e. The Morgan fingerprint density at radius 3 is 2.55 bits per heavy atom. The maximum Gasteiger partial charge on any atom is 0.248 e. The number of nitrogens with one attached hydrogen (secondary N) is 1. The van der Waals surface area contributed by atoms with Crippen LogP contribution in [0.1, 0.15) is 25.7 Å². The molecule has 2 aliphatic heterocycles. The highest BCUT2D eigenvalue weighted by atomic mass is 32.2. The Hall–Kier alpha value is -2.31. The number of fused-ring (bicyclic) bond motifs is 2. The minimum absolute atomic E-state index is 0.00425. The van der Waals surface area contributed by atoms with Crippen LogP contribution in [0, 0.1) is 0 Å². The third-order valence-corrected chi connectivity index (χ3v) is 9.42. The summed E-state index contributed by atoms with van der Waals surface area (Å²) >= 11 is 0. The number of aliphatic hydroxyl groups is 1. The molecule has 0 aromatic heterocycles. The Bertz CT molecular complexity index is 1250. The molecule has 2 heterocycles. The second-order valence-electron chi connectivity index (χ2n) is 10.6. The van der Waals surface area contributed by atoms with E-state index in [1.165, 1.54) is 6.07 Å². The van der Waals surface area contributed by atoms with Crippen molar-refractivity contribution >= 4 is 10.0 Å². The average Bonchev–Trinajstić information content (AvgIpc) is 3.30. The van der Waals surface area contributed by atoms with Crippen molar-refractivity contribution < 1.29 is 31.8 Å². The molecule has 2 aromatic carbocycles. The highest BCUT2D eigenvalue weighted by Crippen LogP contribution is 2.38. The van der Waals surface area contributed by atoms with E-state index in [2.05, 4.69) is 9.62 Å². The van der Waals surface area contributed by atoms with Crippen molar-refractivity contribution in [2.45, 2.75) is 60.8 Å². The average molecular weight is 552 g/mol. The van der Waals surface area contributed by atoms with Crippen LogP contribution in [-0.4, -0.2) is 93.9 Å². The molecule has 0 unspecified atom stereocenters. The third kappa shape index (κ3) is 5.81. The van der Waals surface area contributed by atoms with Crippen LogP contribution < -0.4 is 14.2 Å². The number of benzene rings is 2. The number of likely N-dealkylation sites (tertiary alicyclic amines) is 1. The first kappa shape index (κ1) is 27.3. The molecule has 1 saturated carbocycles.